The van der Waals surface area contributed by atoms with Crippen molar-refractivity contribution in [2.75, 3.05) is 6.61 Å². The minimum absolute atomic E-state index is 0.0464. The van der Waals surface area contributed by atoms with Crippen molar-refractivity contribution in [1.82, 2.24) is 5.32 Å². The maximum absolute atomic E-state index is 12.4. The van der Waals surface area contributed by atoms with Gasteiger partial charge in [-0.1, -0.05) is 12.1 Å². The molecule has 1 amide bonds. The van der Waals surface area contributed by atoms with Crippen LogP contribution < -0.4 is 11.1 Å². The van der Waals surface area contributed by atoms with Gasteiger partial charge in [-0.05, 0) is 33.6 Å². The lowest BCUT2D eigenvalue weighted by Crippen LogP contribution is -2.57. The summed E-state index contributed by atoms with van der Waals surface area (Å²) in [4.78, 5) is 12.4. The number of hydrogen-bond acceptors (Lipinski definition) is 4. The zero-order chi connectivity index (χ0) is 14.0. The lowest BCUT2D eigenvalue weighted by atomic mass is 9.83. The Kier molecular flexibility index (Phi) is 4.21. The molecule has 4 N–H and O–H groups in total. The fourth-order valence-electron chi connectivity index (χ4n) is 1.96. The van der Waals surface area contributed by atoms with Crippen molar-refractivity contribution in [3.05, 3.63) is 0 Å². The Balaban J connectivity index is 2.87. The van der Waals surface area contributed by atoms with Gasteiger partial charge in [0.25, 0.3) is 0 Å². The first kappa shape index (κ1) is 14.8. The van der Waals surface area contributed by atoms with Gasteiger partial charge in [-0.25, -0.2) is 0 Å². The molecule has 6 heteroatoms. The highest BCUT2D eigenvalue weighted by atomic mass is 16.5. The summed E-state index contributed by atoms with van der Waals surface area (Å²) in [5.74, 6) is -0.308. The van der Waals surface area contributed by atoms with E-state index in [4.69, 9.17) is 15.7 Å². The van der Waals surface area contributed by atoms with Crippen LogP contribution in [0.5, 0.6) is 0 Å². The molecule has 0 aromatic carbocycles. The lowest BCUT2D eigenvalue weighted by Gasteiger charge is -2.34. The van der Waals surface area contributed by atoms with Crippen molar-refractivity contribution in [2.45, 2.75) is 52.2 Å². The fourth-order valence-corrected chi connectivity index (χ4v) is 1.96. The van der Waals surface area contributed by atoms with E-state index >= 15 is 0 Å². The van der Waals surface area contributed by atoms with Crippen LogP contribution >= 0.6 is 0 Å². The van der Waals surface area contributed by atoms with Crippen molar-refractivity contribution in [3.63, 3.8) is 0 Å². The molecule has 0 aliphatic carbocycles. The SMILES string of the molecule is CCC(C)(C(=O)NC1(C)CCOC1C)C(N)=NO. The quantitative estimate of drug-likeness (QED) is 0.301. The first-order valence-electron chi connectivity index (χ1n) is 6.22. The second-order valence-corrected chi connectivity index (χ2v) is 5.31. The molecule has 104 valence electrons. The molecule has 1 rings (SSSR count). The Labute approximate surface area is 108 Å². The molecule has 0 spiro atoms. The van der Waals surface area contributed by atoms with Crippen LogP contribution in [0.25, 0.3) is 0 Å². The number of hydrogen-bond donors (Lipinski definition) is 3. The number of nitrogens with one attached hydrogen (secondary N) is 1. The second kappa shape index (κ2) is 5.14. The Morgan fingerprint density at radius 1 is 1.72 bits per heavy atom. The predicted molar refractivity (Wildman–Crippen MR) is 68.4 cm³/mol. The number of ether oxygens (including phenoxy) is 1. The van der Waals surface area contributed by atoms with E-state index in [9.17, 15) is 4.79 Å². The van der Waals surface area contributed by atoms with Gasteiger partial charge in [-0.3, -0.25) is 4.79 Å². The summed E-state index contributed by atoms with van der Waals surface area (Å²) in [6.07, 6.45) is 1.17. The molecular weight excluding hydrogens is 234 g/mol. The number of amidine groups is 1. The normalized spacial score (nSPS) is 32.0. The van der Waals surface area contributed by atoms with E-state index in [-0.39, 0.29) is 17.8 Å². The molecule has 0 aromatic rings. The third kappa shape index (κ3) is 2.43. The zero-order valence-corrected chi connectivity index (χ0v) is 11.5. The van der Waals surface area contributed by atoms with Crippen molar-refractivity contribution in [2.24, 2.45) is 16.3 Å². The van der Waals surface area contributed by atoms with Gasteiger partial charge in [0.1, 0.15) is 5.41 Å². The van der Waals surface area contributed by atoms with Gasteiger partial charge in [-0.2, -0.15) is 0 Å². The topological polar surface area (TPSA) is 96.9 Å². The van der Waals surface area contributed by atoms with Gasteiger partial charge >= 0.3 is 0 Å². The molecule has 0 saturated carbocycles. The van der Waals surface area contributed by atoms with E-state index in [0.717, 1.165) is 6.42 Å². The molecule has 6 nitrogen and oxygen atoms in total. The molecule has 1 saturated heterocycles. The maximum Gasteiger partial charge on any atom is 0.234 e. The van der Waals surface area contributed by atoms with Gasteiger partial charge in [-0.15, -0.1) is 0 Å². The Hall–Kier alpha value is -1.30. The van der Waals surface area contributed by atoms with Crippen molar-refractivity contribution < 1.29 is 14.7 Å². The molecule has 1 fully saturated rings. The molecular formula is C12H23N3O3. The Morgan fingerprint density at radius 3 is 2.72 bits per heavy atom. The summed E-state index contributed by atoms with van der Waals surface area (Å²) >= 11 is 0. The van der Waals surface area contributed by atoms with Crippen molar-refractivity contribution >= 4 is 11.7 Å². The van der Waals surface area contributed by atoms with E-state index in [1.807, 2.05) is 20.8 Å². The third-order valence-corrected chi connectivity index (χ3v) is 4.17. The number of carbonyl (C=O) groups excluding carboxylic acids is 1. The van der Waals surface area contributed by atoms with E-state index in [1.54, 1.807) is 6.92 Å². The van der Waals surface area contributed by atoms with Crippen LogP contribution in [0, 0.1) is 5.41 Å². The highest BCUT2D eigenvalue weighted by Gasteiger charge is 2.44. The molecule has 1 aliphatic heterocycles. The van der Waals surface area contributed by atoms with Crippen molar-refractivity contribution in [3.8, 4) is 0 Å². The van der Waals surface area contributed by atoms with Crippen LogP contribution in [0.3, 0.4) is 0 Å². The maximum atomic E-state index is 12.4. The number of oxime groups is 1. The number of nitrogens with two attached hydrogens (primary N) is 1. The lowest BCUT2D eigenvalue weighted by molar-refractivity contribution is -0.129. The minimum atomic E-state index is -1.000. The van der Waals surface area contributed by atoms with Crippen LogP contribution in [-0.2, 0) is 9.53 Å². The summed E-state index contributed by atoms with van der Waals surface area (Å²) in [5, 5.41) is 14.7. The van der Waals surface area contributed by atoms with E-state index in [0.29, 0.717) is 13.0 Å². The van der Waals surface area contributed by atoms with Crippen LogP contribution in [-0.4, -0.2) is 35.2 Å². The predicted octanol–water partition coefficient (Wildman–Crippen LogP) is 0.833. The van der Waals surface area contributed by atoms with E-state index < -0.39 is 11.0 Å². The molecule has 3 atom stereocenters. The first-order valence-corrected chi connectivity index (χ1v) is 6.22. The number of amides is 1. The summed E-state index contributed by atoms with van der Waals surface area (Å²) < 4.78 is 5.48. The molecule has 1 heterocycles. The average Bonchev–Trinajstić information content (AvgIpc) is 2.67. The highest BCUT2D eigenvalue weighted by Crippen LogP contribution is 2.28. The van der Waals surface area contributed by atoms with Crippen LogP contribution in [0.1, 0.15) is 40.5 Å². The number of carbonyl (C=O) groups is 1. The van der Waals surface area contributed by atoms with Gasteiger partial charge in [0.05, 0.1) is 11.6 Å². The Morgan fingerprint density at radius 2 is 2.33 bits per heavy atom. The summed E-state index contributed by atoms with van der Waals surface area (Å²) in [6, 6.07) is 0. The van der Waals surface area contributed by atoms with Crippen LogP contribution in [0.15, 0.2) is 5.16 Å². The van der Waals surface area contributed by atoms with Crippen LogP contribution in [0.2, 0.25) is 0 Å². The first-order chi connectivity index (χ1) is 8.30. The van der Waals surface area contributed by atoms with Crippen LogP contribution in [0.4, 0.5) is 0 Å². The summed E-state index contributed by atoms with van der Waals surface area (Å²) in [7, 11) is 0. The largest absolute Gasteiger partial charge is 0.409 e. The molecule has 0 radical (unpaired) electrons. The summed E-state index contributed by atoms with van der Waals surface area (Å²) in [5.41, 5.74) is 4.22. The van der Waals surface area contributed by atoms with E-state index in [1.165, 1.54) is 0 Å². The summed E-state index contributed by atoms with van der Waals surface area (Å²) in [6.45, 7) is 8.01. The highest BCUT2D eigenvalue weighted by molar-refractivity contribution is 6.06. The molecule has 18 heavy (non-hydrogen) atoms. The molecule has 1 aliphatic rings. The molecule has 3 unspecified atom stereocenters. The third-order valence-electron chi connectivity index (χ3n) is 4.17. The average molecular weight is 257 g/mol. The number of nitrogens with zero attached hydrogens (tertiary/aromatic N) is 1. The van der Waals surface area contributed by atoms with E-state index in [2.05, 4.69) is 10.5 Å². The standard InChI is InChI=1S/C12H23N3O3/c1-5-11(3,9(13)15-17)10(16)14-12(4)6-7-18-8(12)2/h8,17H,5-7H2,1-4H3,(H2,13,15)(H,14,16). The van der Waals surface area contributed by atoms with Gasteiger partial charge in [0.15, 0.2) is 5.84 Å². The van der Waals surface area contributed by atoms with Gasteiger partial charge in [0, 0.05) is 6.61 Å². The molecule has 0 bridgehead atoms. The second-order valence-electron chi connectivity index (χ2n) is 5.31. The fraction of sp³-hybridized carbons (Fsp3) is 0.833. The smallest absolute Gasteiger partial charge is 0.234 e. The van der Waals surface area contributed by atoms with Gasteiger partial charge in [0.2, 0.25) is 5.91 Å². The van der Waals surface area contributed by atoms with Crippen molar-refractivity contribution in [1.29, 1.82) is 0 Å². The minimum Gasteiger partial charge on any atom is -0.409 e. The monoisotopic (exact) mass is 257 g/mol. The molecule has 0 aromatic heterocycles. The number of rotatable bonds is 4. The zero-order valence-electron chi connectivity index (χ0n) is 11.5. The van der Waals surface area contributed by atoms with Gasteiger partial charge < -0.3 is 21.0 Å². The Bertz CT molecular complexity index is 358.